The van der Waals surface area contributed by atoms with Gasteiger partial charge in [-0.15, -0.1) is 0 Å². The molecule has 0 saturated carbocycles. The van der Waals surface area contributed by atoms with Gasteiger partial charge in [0.15, 0.2) is 5.78 Å². The number of fused-ring (bicyclic) bond motifs is 1. The van der Waals surface area contributed by atoms with E-state index in [0.29, 0.717) is 30.1 Å². The van der Waals surface area contributed by atoms with E-state index >= 15 is 0 Å². The lowest BCUT2D eigenvalue weighted by molar-refractivity contribution is 0.0909. The van der Waals surface area contributed by atoms with E-state index < -0.39 is 0 Å². The first-order chi connectivity index (χ1) is 11.8. The Morgan fingerprint density at radius 3 is 2.76 bits per heavy atom. The van der Waals surface area contributed by atoms with Gasteiger partial charge >= 0.3 is 0 Å². The number of methoxy groups -OCH3 is 1. The lowest BCUT2D eigenvalue weighted by Gasteiger charge is -2.28. The van der Waals surface area contributed by atoms with Gasteiger partial charge in [0.25, 0.3) is 5.91 Å². The lowest BCUT2D eigenvalue weighted by atomic mass is 9.75. The summed E-state index contributed by atoms with van der Waals surface area (Å²) in [5, 5.41) is 2.88. The van der Waals surface area contributed by atoms with Gasteiger partial charge in [-0.25, -0.2) is 4.98 Å². The number of amides is 1. The van der Waals surface area contributed by atoms with Crippen molar-refractivity contribution < 1.29 is 14.3 Å². The minimum Gasteiger partial charge on any atom is -0.481 e. The molecule has 2 heterocycles. The average Bonchev–Trinajstić information content (AvgIpc) is 2.88. The molecule has 1 amide bonds. The molecule has 132 valence electrons. The molecular formula is C19H23N3O3. The zero-order valence-electron chi connectivity index (χ0n) is 15.0. The molecule has 2 aromatic heterocycles. The third-order valence-electron chi connectivity index (χ3n) is 4.59. The maximum Gasteiger partial charge on any atom is 0.268 e. The Morgan fingerprint density at radius 2 is 2.12 bits per heavy atom. The van der Waals surface area contributed by atoms with Crippen LogP contribution in [0.1, 0.15) is 57.9 Å². The molecule has 0 aliphatic heterocycles. The van der Waals surface area contributed by atoms with Crippen molar-refractivity contribution in [3.8, 4) is 5.88 Å². The molecule has 6 heteroatoms. The van der Waals surface area contributed by atoms with Crippen LogP contribution in [0.4, 0.5) is 0 Å². The molecule has 0 fully saturated rings. The van der Waals surface area contributed by atoms with Gasteiger partial charge in [-0.3, -0.25) is 9.59 Å². The summed E-state index contributed by atoms with van der Waals surface area (Å²) in [4.78, 5) is 32.3. The van der Waals surface area contributed by atoms with E-state index in [0.717, 1.165) is 23.2 Å². The molecule has 6 nitrogen and oxygen atoms in total. The zero-order valence-corrected chi connectivity index (χ0v) is 15.0. The molecular weight excluding hydrogens is 318 g/mol. The third kappa shape index (κ3) is 3.43. The van der Waals surface area contributed by atoms with Crippen LogP contribution in [0.2, 0.25) is 0 Å². The van der Waals surface area contributed by atoms with Gasteiger partial charge < -0.3 is 15.0 Å². The second kappa shape index (κ2) is 6.35. The summed E-state index contributed by atoms with van der Waals surface area (Å²) in [5.74, 6) is 0.427. The fourth-order valence-corrected chi connectivity index (χ4v) is 3.37. The molecule has 0 atom stereocenters. The first kappa shape index (κ1) is 17.2. The Hall–Kier alpha value is -2.63. The summed E-state index contributed by atoms with van der Waals surface area (Å²) in [5.41, 5.74) is 3.56. The third-order valence-corrected chi connectivity index (χ3v) is 4.59. The van der Waals surface area contributed by atoms with Gasteiger partial charge in [0.1, 0.15) is 5.69 Å². The number of aromatic amines is 1. The number of nitrogens with zero attached hydrogens (tertiary/aromatic N) is 1. The van der Waals surface area contributed by atoms with Crippen molar-refractivity contribution in [2.75, 3.05) is 7.11 Å². The number of aromatic nitrogens is 2. The summed E-state index contributed by atoms with van der Waals surface area (Å²) in [6.07, 6.45) is 2.94. The minimum absolute atomic E-state index is 0.0795. The van der Waals surface area contributed by atoms with Gasteiger partial charge in [0.05, 0.1) is 7.11 Å². The minimum atomic E-state index is -0.215. The van der Waals surface area contributed by atoms with E-state index in [2.05, 4.69) is 29.1 Å². The highest BCUT2D eigenvalue weighted by molar-refractivity contribution is 6.04. The van der Waals surface area contributed by atoms with Crippen LogP contribution in [0.5, 0.6) is 5.88 Å². The molecule has 0 aromatic carbocycles. The summed E-state index contributed by atoms with van der Waals surface area (Å²) >= 11 is 0. The summed E-state index contributed by atoms with van der Waals surface area (Å²) in [7, 11) is 1.56. The van der Waals surface area contributed by atoms with Crippen molar-refractivity contribution in [2.24, 2.45) is 5.41 Å². The van der Waals surface area contributed by atoms with Gasteiger partial charge in [0, 0.05) is 36.5 Å². The maximum atomic E-state index is 12.5. The number of nitrogens with one attached hydrogen (secondary N) is 2. The van der Waals surface area contributed by atoms with E-state index in [1.54, 1.807) is 19.4 Å². The van der Waals surface area contributed by atoms with Crippen molar-refractivity contribution in [1.82, 2.24) is 15.3 Å². The summed E-state index contributed by atoms with van der Waals surface area (Å²) in [6, 6.07) is 3.60. The van der Waals surface area contributed by atoms with E-state index in [9.17, 15) is 9.59 Å². The quantitative estimate of drug-likeness (QED) is 0.895. The maximum absolute atomic E-state index is 12.5. The van der Waals surface area contributed by atoms with Crippen molar-refractivity contribution >= 4 is 11.7 Å². The SMILES string of the molecule is COc1ccc(CNC(=O)c2[nH]c3c(c2C)C(=O)CC(C)(C)C3)cn1. The highest BCUT2D eigenvalue weighted by atomic mass is 16.5. The Bertz CT molecular complexity index is 819. The van der Waals surface area contributed by atoms with Crippen LogP contribution < -0.4 is 10.1 Å². The summed E-state index contributed by atoms with van der Waals surface area (Å²) < 4.78 is 5.02. The van der Waals surface area contributed by atoms with Crippen LogP contribution in [0, 0.1) is 12.3 Å². The van der Waals surface area contributed by atoms with Crippen molar-refractivity contribution in [3.05, 3.63) is 46.4 Å². The molecule has 25 heavy (non-hydrogen) atoms. The van der Waals surface area contributed by atoms with Crippen LogP contribution in [-0.4, -0.2) is 28.8 Å². The predicted octanol–water partition coefficient (Wildman–Crippen LogP) is 2.81. The molecule has 0 radical (unpaired) electrons. The Morgan fingerprint density at radius 1 is 1.36 bits per heavy atom. The highest BCUT2D eigenvalue weighted by Gasteiger charge is 2.35. The molecule has 1 aliphatic rings. The van der Waals surface area contributed by atoms with Gasteiger partial charge in [-0.2, -0.15) is 0 Å². The van der Waals surface area contributed by atoms with Crippen molar-refractivity contribution in [3.63, 3.8) is 0 Å². The molecule has 3 rings (SSSR count). The average molecular weight is 341 g/mol. The van der Waals surface area contributed by atoms with E-state index in [4.69, 9.17) is 4.74 Å². The monoisotopic (exact) mass is 341 g/mol. The van der Waals surface area contributed by atoms with Crippen LogP contribution in [-0.2, 0) is 13.0 Å². The molecule has 2 N–H and O–H groups in total. The van der Waals surface area contributed by atoms with Crippen LogP contribution in [0.15, 0.2) is 18.3 Å². The number of carbonyl (C=O) groups is 2. The Balaban J connectivity index is 1.75. The Kier molecular flexibility index (Phi) is 4.37. The number of carbonyl (C=O) groups excluding carboxylic acids is 2. The molecule has 0 spiro atoms. The van der Waals surface area contributed by atoms with Gasteiger partial charge in [0.2, 0.25) is 5.88 Å². The van der Waals surface area contributed by atoms with E-state index in [1.165, 1.54) is 0 Å². The molecule has 2 aromatic rings. The van der Waals surface area contributed by atoms with Crippen molar-refractivity contribution in [1.29, 1.82) is 0 Å². The zero-order chi connectivity index (χ0) is 18.2. The number of ether oxygens (including phenoxy) is 1. The number of H-pyrrole nitrogens is 1. The molecule has 0 saturated heterocycles. The fourth-order valence-electron chi connectivity index (χ4n) is 3.37. The topological polar surface area (TPSA) is 84.1 Å². The number of rotatable bonds is 4. The Labute approximate surface area is 147 Å². The molecule has 0 bridgehead atoms. The first-order valence-electron chi connectivity index (χ1n) is 8.32. The number of pyridine rings is 1. The predicted molar refractivity (Wildman–Crippen MR) is 93.9 cm³/mol. The number of hydrogen-bond donors (Lipinski definition) is 2. The van der Waals surface area contributed by atoms with Crippen LogP contribution in [0.25, 0.3) is 0 Å². The number of hydrogen-bond acceptors (Lipinski definition) is 4. The smallest absolute Gasteiger partial charge is 0.268 e. The lowest BCUT2D eigenvalue weighted by Crippen LogP contribution is -2.26. The highest BCUT2D eigenvalue weighted by Crippen LogP contribution is 2.36. The second-order valence-electron chi connectivity index (χ2n) is 7.31. The van der Waals surface area contributed by atoms with E-state index in [1.807, 2.05) is 13.0 Å². The van der Waals surface area contributed by atoms with Crippen molar-refractivity contribution in [2.45, 2.75) is 40.2 Å². The van der Waals surface area contributed by atoms with Gasteiger partial charge in [-0.1, -0.05) is 19.9 Å². The standard InChI is InChI=1S/C19H23N3O3/c1-11-16-13(7-19(2,3)8-14(16)23)22-17(11)18(24)21-10-12-5-6-15(25-4)20-9-12/h5-6,9,22H,7-8,10H2,1-4H3,(H,21,24). The molecule has 0 unspecified atom stereocenters. The second-order valence-corrected chi connectivity index (χ2v) is 7.31. The fraction of sp³-hybridized carbons (Fsp3) is 0.421. The normalized spacial score (nSPS) is 15.6. The number of ketones is 1. The van der Waals surface area contributed by atoms with Crippen LogP contribution >= 0.6 is 0 Å². The largest absolute Gasteiger partial charge is 0.481 e. The number of Topliss-reactive ketones (excluding diaryl/α,β-unsaturated/α-hetero) is 1. The molecule has 1 aliphatic carbocycles. The summed E-state index contributed by atoms with van der Waals surface area (Å²) in [6.45, 7) is 6.33. The van der Waals surface area contributed by atoms with E-state index in [-0.39, 0.29) is 17.1 Å². The first-order valence-corrected chi connectivity index (χ1v) is 8.32. The van der Waals surface area contributed by atoms with Gasteiger partial charge in [-0.05, 0) is 29.9 Å². The van der Waals surface area contributed by atoms with Crippen LogP contribution in [0.3, 0.4) is 0 Å².